The first kappa shape index (κ1) is 19.0. The molecule has 0 radical (unpaired) electrons. The van der Waals surface area contributed by atoms with Crippen LogP contribution in [0.15, 0.2) is 48.5 Å². The minimum absolute atomic E-state index is 0.0853. The Hall–Kier alpha value is -2.82. The highest BCUT2D eigenvalue weighted by molar-refractivity contribution is 5.95. The van der Waals surface area contributed by atoms with Gasteiger partial charge in [0.05, 0.1) is 0 Å². The number of likely N-dealkylation sites (tertiary alicyclic amines) is 1. The van der Waals surface area contributed by atoms with Gasteiger partial charge < -0.3 is 15.1 Å². The molecular formula is C22H27N3O2. The van der Waals surface area contributed by atoms with Crippen LogP contribution in [0.2, 0.25) is 0 Å². The normalized spacial score (nSPS) is 13.9. The molecule has 5 nitrogen and oxygen atoms in total. The Labute approximate surface area is 161 Å². The Morgan fingerprint density at radius 2 is 1.67 bits per heavy atom. The van der Waals surface area contributed by atoms with Crippen LogP contribution in [-0.4, -0.2) is 43.9 Å². The average Bonchev–Trinajstić information content (AvgIpc) is 2.72. The molecule has 0 aliphatic carbocycles. The van der Waals surface area contributed by atoms with Crippen LogP contribution < -0.4 is 10.2 Å². The zero-order valence-electron chi connectivity index (χ0n) is 16.1. The summed E-state index contributed by atoms with van der Waals surface area (Å²) in [5.41, 5.74) is 3.30. The van der Waals surface area contributed by atoms with Crippen LogP contribution in [0.4, 0.5) is 5.69 Å². The number of nitrogens with one attached hydrogen (secondary N) is 1. The minimum Gasteiger partial charge on any atom is -0.378 e. The van der Waals surface area contributed by atoms with E-state index in [0.29, 0.717) is 17.7 Å². The fourth-order valence-corrected chi connectivity index (χ4v) is 3.29. The van der Waals surface area contributed by atoms with Crippen LogP contribution in [-0.2, 0) is 6.54 Å². The molecule has 2 aromatic carbocycles. The highest BCUT2D eigenvalue weighted by atomic mass is 16.2. The van der Waals surface area contributed by atoms with Gasteiger partial charge in [-0.1, -0.05) is 12.1 Å². The Balaban J connectivity index is 1.60. The van der Waals surface area contributed by atoms with E-state index in [-0.39, 0.29) is 11.8 Å². The van der Waals surface area contributed by atoms with Crippen molar-refractivity contribution in [3.05, 3.63) is 65.2 Å². The SMILES string of the molecule is CN(C)c1ccc(C(=O)NCc2cccc(C(=O)N3CCCCC3)c2)cc1. The number of hydrogen-bond donors (Lipinski definition) is 1. The van der Waals surface area contributed by atoms with E-state index in [9.17, 15) is 9.59 Å². The molecule has 0 unspecified atom stereocenters. The van der Waals surface area contributed by atoms with Crippen molar-refractivity contribution in [2.45, 2.75) is 25.8 Å². The van der Waals surface area contributed by atoms with Gasteiger partial charge in [0.2, 0.25) is 0 Å². The third kappa shape index (κ3) is 4.88. The van der Waals surface area contributed by atoms with Crippen molar-refractivity contribution in [3.63, 3.8) is 0 Å². The summed E-state index contributed by atoms with van der Waals surface area (Å²) in [4.78, 5) is 28.9. The second-order valence-corrected chi connectivity index (χ2v) is 7.18. The molecule has 0 spiro atoms. The summed E-state index contributed by atoms with van der Waals surface area (Å²) in [6.07, 6.45) is 3.35. The first-order valence-electron chi connectivity index (χ1n) is 9.48. The Bertz CT molecular complexity index is 793. The molecule has 1 N–H and O–H groups in total. The smallest absolute Gasteiger partial charge is 0.253 e. The van der Waals surface area contributed by atoms with E-state index >= 15 is 0 Å². The van der Waals surface area contributed by atoms with Crippen molar-refractivity contribution in [3.8, 4) is 0 Å². The van der Waals surface area contributed by atoms with Crippen molar-refractivity contribution >= 4 is 17.5 Å². The molecule has 1 aliphatic heterocycles. The average molecular weight is 365 g/mol. The number of benzene rings is 2. The molecule has 1 heterocycles. The van der Waals surface area contributed by atoms with E-state index in [1.165, 1.54) is 6.42 Å². The van der Waals surface area contributed by atoms with E-state index in [2.05, 4.69) is 5.32 Å². The van der Waals surface area contributed by atoms with Crippen molar-refractivity contribution in [1.29, 1.82) is 0 Å². The second-order valence-electron chi connectivity index (χ2n) is 7.18. The monoisotopic (exact) mass is 365 g/mol. The van der Waals surface area contributed by atoms with Crippen LogP contribution in [0.5, 0.6) is 0 Å². The highest BCUT2D eigenvalue weighted by Gasteiger charge is 2.18. The molecule has 142 valence electrons. The zero-order chi connectivity index (χ0) is 19.2. The van der Waals surface area contributed by atoms with Gasteiger partial charge in [-0.3, -0.25) is 9.59 Å². The maximum absolute atomic E-state index is 12.6. The minimum atomic E-state index is -0.118. The number of amides is 2. The Morgan fingerprint density at radius 1 is 0.963 bits per heavy atom. The van der Waals surface area contributed by atoms with Gasteiger partial charge in [-0.2, -0.15) is 0 Å². The Kier molecular flexibility index (Phi) is 6.12. The van der Waals surface area contributed by atoms with Gasteiger partial charge in [-0.05, 0) is 61.2 Å². The lowest BCUT2D eigenvalue weighted by atomic mass is 10.1. The summed E-state index contributed by atoms with van der Waals surface area (Å²) >= 11 is 0. The summed E-state index contributed by atoms with van der Waals surface area (Å²) in [6, 6.07) is 15.0. The van der Waals surface area contributed by atoms with Crippen LogP contribution in [0.3, 0.4) is 0 Å². The lowest BCUT2D eigenvalue weighted by Crippen LogP contribution is -2.35. The van der Waals surface area contributed by atoms with Gasteiger partial charge in [-0.15, -0.1) is 0 Å². The van der Waals surface area contributed by atoms with E-state index in [0.717, 1.165) is 37.2 Å². The maximum atomic E-state index is 12.6. The molecule has 0 aromatic heterocycles. The third-order valence-corrected chi connectivity index (χ3v) is 4.92. The zero-order valence-corrected chi connectivity index (χ0v) is 16.1. The molecule has 1 saturated heterocycles. The number of nitrogens with zero attached hydrogens (tertiary/aromatic N) is 2. The van der Waals surface area contributed by atoms with Crippen molar-refractivity contribution in [2.24, 2.45) is 0 Å². The second kappa shape index (κ2) is 8.71. The molecular weight excluding hydrogens is 338 g/mol. The largest absolute Gasteiger partial charge is 0.378 e. The van der Waals surface area contributed by atoms with Gasteiger partial charge in [-0.25, -0.2) is 0 Å². The standard InChI is InChI=1S/C22H27N3O2/c1-24(2)20-11-9-18(10-12-20)21(26)23-16-17-7-6-8-19(15-17)22(27)25-13-4-3-5-14-25/h6-12,15H,3-5,13-14,16H2,1-2H3,(H,23,26). The first-order chi connectivity index (χ1) is 13.0. The van der Waals surface area contributed by atoms with Gasteiger partial charge in [0.15, 0.2) is 0 Å². The summed E-state index contributed by atoms with van der Waals surface area (Å²) in [6.45, 7) is 2.07. The van der Waals surface area contributed by atoms with Crippen LogP contribution >= 0.6 is 0 Å². The van der Waals surface area contributed by atoms with Gasteiger partial charge in [0.1, 0.15) is 0 Å². The molecule has 0 saturated carbocycles. The molecule has 27 heavy (non-hydrogen) atoms. The van der Waals surface area contributed by atoms with E-state index in [4.69, 9.17) is 0 Å². The van der Waals surface area contributed by atoms with Crippen molar-refractivity contribution in [2.75, 3.05) is 32.1 Å². The molecule has 1 aliphatic rings. The molecule has 2 amide bonds. The number of rotatable bonds is 5. The van der Waals surface area contributed by atoms with E-state index < -0.39 is 0 Å². The van der Waals surface area contributed by atoms with Gasteiger partial charge in [0, 0.05) is 50.5 Å². The maximum Gasteiger partial charge on any atom is 0.253 e. The van der Waals surface area contributed by atoms with Crippen molar-refractivity contribution < 1.29 is 9.59 Å². The van der Waals surface area contributed by atoms with E-state index in [1.54, 1.807) is 0 Å². The molecule has 1 fully saturated rings. The van der Waals surface area contributed by atoms with E-state index in [1.807, 2.05) is 72.4 Å². The third-order valence-electron chi connectivity index (χ3n) is 4.92. The predicted octanol–water partition coefficient (Wildman–Crippen LogP) is 3.31. The predicted molar refractivity (Wildman–Crippen MR) is 108 cm³/mol. The topological polar surface area (TPSA) is 52.7 Å². The quantitative estimate of drug-likeness (QED) is 0.884. The molecule has 0 bridgehead atoms. The Morgan fingerprint density at radius 3 is 2.33 bits per heavy atom. The van der Waals surface area contributed by atoms with Crippen LogP contribution in [0.25, 0.3) is 0 Å². The van der Waals surface area contributed by atoms with Gasteiger partial charge in [0.25, 0.3) is 11.8 Å². The fraction of sp³-hybridized carbons (Fsp3) is 0.364. The van der Waals surface area contributed by atoms with Crippen LogP contribution in [0, 0.1) is 0 Å². The molecule has 5 heteroatoms. The lowest BCUT2D eigenvalue weighted by molar-refractivity contribution is 0.0724. The number of piperidine rings is 1. The molecule has 3 rings (SSSR count). The number of anilines is 1. The number of hydrogen-bond acceptors (Lipinski definition) is 3. The van der Waals surface area contributed by atoms with Crippen molar-refractivity contribution in [1.82, 2.24) is 10.2 Å². The summed E-state index contributed by atoms with van der Waals surface area (Å²) in [7, 11) is 3.93. The lowest BCUT2D eigenvalue weighted by Gasteiger charge is -2.26. The molecule has 2 aromatic rings. The van der Waals surface area contributed by atoms with Gasteiger partial charge >= 0.3 is 0 Å². The summed E-state index contributed by atoms with van der Waals surface area (Å²) in [5.74, 6) is -0.0322. The highest BCUT2D eigenvalue weighted by Crippen LogP contribution is 2.15. The molecule has 0 atom stereocenters. The number of carbonyl (C=O) groups excluding carboxylic acids is 2. The fourth-order valence-electron chi connectivity index (χ4n) is 3.29. The summed E-state index contributed by atoms with van der Waals surface area (Å²) in [5, 5.41) is 2.93. The number of carbonyl (C=O) groups is 2. The van der Waals surface area contributed by atoms with Crippen LogP contribution in [0.1, 0.15) is 45.5 Å². The first-order valence-corrected chi connectivity index (χ1v) is 9.48. The summed E-state index contributed by atoms with van der Waals surface area (Å²) < 4.78 is 0.